The van der Waals surface area contributed by atoms with Crippen LogP contribution in [0.5, 0.6) is 0 Å². The standard InChI is InChI=1S/C12H17BrO/c1-8-5-9(7-10(13)6-8)11(14)12(2,3)4/h5-7,11,14H,1-4H3. The minimum atomic E-state index is -0.418. The maximum absolute atomic E-state index is 10.1. The lowest BCUT2D eigenvalue weighted by Crippen LogP contribution is -2.17. The molecule has 1 aromatic rings. The summed E-state index contributed by atoms with van der Waals surface area (Å²) in [6, 6.07) is 6.04. The summed E-state index contributed by atoms with van der Waals surface area (Å²) in [4.78, 5) is 0. The Hall–Kier alpha value is -0.340. The van der Waals surface area contributed by atoms with E-state index in [1.807, 2.05) is 45.9 Å². The highest BCUT2D eigenvalue weighted by Crippen LogP contribution is 2.33. The van der Waals surface area contributed by atoms with Crippen molar-refractivity contribution in [2.45, 2.75) is 33.8 Å². The van der Waals surface area contributed by atoms with Crippen LogP contribution < -0.4 is 0 Å². The van der Waals surface area contributed by atoms with Crippen LogP contribution in [-0.2, 0) is 0 Å². The Balaban J connectivity index is 3.07. The average Bonchev–Trinajstić information content (AvgIpc) is 1.99. The second-order valence-corrected chi connectivity index (χ2v) is 5.75. The van der Waals surface area contributed by atoms with Crippen molar-refractivity contribution in [2.75, 3.05) is 0 Å². The van der Waals surface area contributed by atoms with Gasteiger partial charge in [-0.05, 0) is 35.6 Å². The first kappa shape index (κ1) is 11.7. The van der Waals surface area contributed by atoms with Gasteiger partial charge in [0.05, 0.1) is 6.10 Å². The normalized spacial score (nSPS) is 14.1. The van der Waals surface area contributed by atoms with Crippen molar-refractivity contribution in [1.82, 2.24) is 0 Å². The molecule has 1 nitrogen and oxygen atoms in total. The molecular weight excluding hydrogens is 240 g/mol. The number of aliphatic hydroxyl groups is 1. The third kappa shape index (κ3) is 2.82. The van der Waals surface area contributed by atoms with Crippen molar-refractivity contribution in [2.24, 2.45) is 5.41 Å². The molecule has 0 aliphatic heterocycles. The van der Waals surface area contributed by atoms with E-state index in [1.165, 1.54) is 0 Å². The van der Waals surface area contributed by atoms with Gasteiger partial charge in [-0.25, -0.2) is 0 Å². The number of aryl methyl sites for hydroxylation is 1. The smallest absolute Gasteiger partial charge is 0.0838 e. The molecule has 0 radical (unpaired) electrons. The van der Waals surface area contributed by atoms with Gasteiger partial charge in [-0.1, -0.05) is 42.8 Å². The summed E-state index contributed by atoms with van der Waals surface area (Å²) in [6.07, 6.45) is -0.418. The van der Waals surface area contributed by atoms with E-state index < -0.39 is 6.10 Å². The van der Waals surface area contributed by atoms with Crippen LogP contribution in [0.2, 0.25) is 0 Å². The summed E-state index contributed by atoms with van der Waals surface area (Å²) < 4.78 is 1.02. The van der Waals surface area contributed by atoms with Gasteiger partial charge in [0, 0.05) is 4.47 Å². The minimum absolute atomic E-state index is 0.118. The molecular formula is C12H17BrO. The Bertz CT molecular complexity index is 305. The molecule has 0 amide bonds. The van der Waals surface area contributed by atoms with E-state index in [0.29, 0.717) is 0 Å². The maximum Gasteiger partial charge on any atom is 0.0838 e. The summed E-state index contributed by atoms with van der Waals surface area (Å²) in [7, 11) is 0. The van der Waals surface area contributed by atoms with E-state index >= 15 is 0 Å². The fourth-order valence-corrected chi connectivity index (χ4v) is 2.05. The second kappa shape index (κ2) is 4.03. The van der Waals surface area contributed by atoms with Gasteiger partial charge in [-0.3, -0.25) is 0 Å². The molecule has 0 aliphatic carbocycles. The summed E-state index contributed by atoms with van der Waals surface area (Å²) in [5.41, 5.74) is 2.02. The number of halogens is 1. The first-order valence-electron chi connectivity index (χ1n) is 4.76. The van der Waals surface area contributed by atoms with Gasteiger partial charge in [0.2, 0.25) is 0 Å². The molecule has 1 atom stereocenters. The molecule has 2 heteroatoms. The fourth-order valence-electron chi connectivity index (χ4n) is 1.42. The van der Waals surface area contributed by atoms with E-state index in [1.54, 1.807) is 0 Å². The van der Waals surface area contributed by atoms with Crippen LogP contribution in [0.25, 0.3) is 0 Å². The summed E-state index contributed by atoms with van der Waals surface area (Å²) in [6.45, 7) is 8.14. The molecule has 1 aromatic carbocycles. The number of hydrogen-bond donors (Lipinski definition) is 1. The van der Waals surface area contributed by atoms with Gasteiger partial charge in [-0.15, -0.1) is 0 Å². The number of hydrogen-bond acceptors (Lipinski definition) is 1. The monoisotopic (exact) mass is 256 g/mol. The topological polar surface area (TPSA) is 20.2 Å². The van der Waals surface area contributed by atoms with Crippen molar-refractivity contribution >= 4 is 15.9 Å². The van der Waals surface area contributed by atoms with Crippen LogP contribution >= 0.6 is 15.9 Å². The zero-order valence-electron chi connectivity index (χ0n) is 9.13. The molecule has 1 N–H and O–H groups in total. The summed E-state index contributed by atoms with van der Waals surface area (Å²) >= 11 is 3.44. The van der Waals surface area contributed by atoms with Crippen molar-refractivity contribution in [1.29, 1.82) is 0 Å². The minimum Gasteiger partial charge on any atom is -0.388 e. The Morgan fingerprint density at radius 1 is 1.21 bits per heavy atom. The van der Waals surface area contributed by atoms with Crippen LogP contribution in [-0.4, -0.2) is 5.11 Å². The molecule has 0 saturated carbocycles. The highest BCUT2D eigenvalue weighted by Gasteiger charge is 2.23. The largest absolute Gasteiger partial charge is 0.388 e. The van der Waals surface area contributed by atoms with Gasteiger partial charge < -0.3 is 5.11 Å². The number of aliphatic hydroxyl groups excluding tert-OH is 1. The molecule has 78 valence electrons. The van der Waals surface area contributed by atoms with Crippen LogP contribution in [0.1, 0.15) is 38.0 Å². The molecule has 1 unspecified atom stereocenters. The van der Waals surface area contributed by atoms with Gasteiger partial charge >= 0.3 is 0 Å². The van der Waals surface area contributed by atoms with Crippen LogP contribution in [0, 0.1) is 12.3 Å². The van der Waals surface area contributed by atoms with E-state index in [4.69, 9.17) is 0 Å². The highest BCUT2D eigenvalue weighted by molar-refractivity contribution is 9.10. The van der Waals surface area contributed by atoms with Crippen LogP contribution in [0.4, 0.5) is 0 Å². The quantitative estimate of drug-likeness (QED) is 0.810. The molecule has 14 heavy (non-hydrogen) atoms. The lowest BCUT2D eigenvalue weighted by atomic mass is 9.84. The van der Waals surface area contributed by atoms with Crippen LogP contribution in [0.3, 0.4) is 0 Å². The Labute approximate surface area is 94.3 Å². The second-order valence-electron chi connectivity index (χ2n) is 4.83. The fraction of sp³-hybridized carbons (Fsp3) is 0.500. The average molecular weight is 257 g/mol. The molecule has 0 saturated heterocycles. The van der Waals surface area contributed by atoms with E-state index in [2.05, 4.69) is 15.9 Å². The SMILES string of the molecule is Cc1cc(Br)cc(C(O)C(C)(C)C)c1. The van der Waals surface area contributed by atoms with Crippen LogP contribution in [0.15, 0.2) is 22.7 Å². The Kier molecular flexibility index (Phi) is 3.38. The molecule has 1 rings (SSSR count). The Morgan fingerprint density at radius 3 is 2.21 bits per heavy atom. The van der Waals surface area contributed by atoms with Gasteiger partial charge in [0.1, 0.15) is 0 Å². The van der Waals surface area contributed by atoms with Crippen molar-refractivity contribution in [3.8, 4) is 0 Å². The molecule has 0 aliphatic rings. The highest BCUT2D eigenvalue weighted by atomic mass is 79.9. The van der Waals surface area contributed by atoms with Crippen molar-refractivity contribution < 1.29 is 5.11 Å². The first-order chi connectivity index (χ1) is 6.30. The molecule has 0 aromatic heterocycles. The summed E-state index contributed by atoms with van der Waals surface area (Å²) in [5.74, 6) is 0. The Morgan fingerprint density at radius 2 is 1.79 bits per heavy atom. The lowest BCUT2D eigenvalue weighted by molar-refractivity contribution is 0.0626. The third-order valence-electron chi connectivity index (χ3n) is 2.20. The van der Waals surface area contributed by atoms with Crippen molar-refractivity contribution in [3.63, 3.8) is 0 Å². The van der Waals surface area contributed by atoms with Gasteiger partial charge in [0.15, 0.2) is 0 Å². The first-order valence-corrected chi connectivity index (χ1v) is 5.55. The van der Waals surface area contributed by atoms with E-state index in [-0.39, 0.29) is 5.41 Å². The molecule has 0 fully saturated rings. The zero-order valence-corrected chi connectivity index (χ0v) is 10.7. The molecule has 0 bridgehead atoms. The maximum atomic E-state index is 10.1. The van der Waals surface area contributed by atoms with Crippen molar-refractivity contribution in [3.05, 3.63) is 33.8 Å². The zero-order chi connectivity index (χ0) is 10.9. The predicted octanol–water partition coefficient (Wildman–Crippen LogP) is 3.84. The predicted molar refractivity (Wildman–Crippen MR) is 63.3 cm³/mol. The van der Waals surface area contributed by atoms with Gasteiger partial charge in [0.25, 0.3) is 0 Å². The number of rotatable bonds is 1. The third-order valence-corrected chi connectivity index (χ3v) is 2.66. The lowest BCUT2D eigenvalue weighted by Gasteiger charge is -2.26. The van der Waals surface area contributed by atoms with E-state index in [0.717, 1.165) is 15.6 Å². The molecule has 0 heterocycles. The van der Waals surface area contributed by atoms with Gasteiger partial charge in [-0.2, -0.15) is 0 Å². The number of benzene rings is 1. The van der Waals surface area contributed by atoms with E-state index in [9.17, 15) is 5.11 Å². The molecule has 0 spiro atoms. The summed E-state index contributed by atoms with van der Waals surface area (Å²) in [5, 5.41) is 10.1.